The van der Waals surface area contributed by atoms with Crippen molar-refractivity contribution in [2.24, 2.45) is 0 Å². The monoisotopic (exact) mass is 396 g/mol. The van der Waals surface area contributed by atoms with Crippen LogP contribution in [0, 0.1) is 12.7 Å². The first kappa shape index (κ1) is 18.4. The van der Waals surface area contributed by atoms with Crippen molar-refractivity contribution in [2.75, 3.05) is 5.73 Å². The van der Waals surface area contributed by atoms with Gasteiger partial charge in [0.2, 0.25) is 11.9 Å². The van der Waals surface area contributed by atoms with Crippen LogP contribution in [0.2, 0.25) is 5.02 Å². The number of fused-ring (bicyclic) bond motifs is 1. The van der Waals surface area contributed by atoms with Crippen molar-refractivity contribution in [3.05, 3.63) is 75.7 Å². The van der Waals surface area contributed by atoms with Crippen molar-refractivity contribution < 1.29 is 9.18 Å². The molecule has 7 heteroatoms. The van der Waals surface area contributed by atoms with Gasteiger partial charge in [-0.05, 0) is 36.2 Å². The Labute approximate surface area is 167 Å². The molecule has 0 fully saturated rings. The van der Waals surface area contributed by atoms with E-state index in [2.05, 4.69) is 9.97 Å². The summed E-state index contributed by atoms with van der Waals surface area (Å²) in [6.45, 7) is 2.64. The lowest BCUT2D eigenvalue weighted by Crippen LogP contribution is -2.27. The first-order valence-corrected chi connectivity index (χ1v) is 9.23. The van der Waals surface area contributed by atoms with E-state index in [0.717, 1.165) is 22.4 Å². The molecule has 4 rings (SSSR count). The molecule has 0 bridgehead atoms. The number of anilines is 1. The van der Waals surface area contributed by atoms with E-state index >= 15 is 0 Å². The molecule has 1 aliphatic heterocycles. The Morgan fingerprint density at radius 3 is 2.75 bits per heavy atom. The van der Waals surface area contributed by atoms with Gasteiger partial charge in [0.1, 0.15) is 5.82 Å². The van der Waals surface area contributed by atoms with Crippen LogP contribution in [0.15, 0.2) is 42.5 Å². The highest BCUT2D eigenvalue weighted by Crippen LogP contribution is 2.33. The van der Waals surface area contributed by atoms with Crippen LogP contribution >= 0.6 is 11.6 Å². The molecule has 2 aromatic carbocycles. The van der Waals surface area contributed by atoms with Crippen LogP contribution in [-0.2, 0) is 24.3 Å². The zero-order chi connectivity index (χ0) is 19.8. The van der Waals surface area contributed by atoms with Gasteiger partial charge in [-0.3, -0.25) is 4.79 Å². The van der Waals surface area contributed by atoms with E-state index in [9.17, 15) is 9.18 Å². The topological polar surface area (TPSA) is 72.1 Å². The third-order valence-electron chi connectivity index (χ3n) is 4.90. The summed E-state index contributed by atoms with van der Waals surface area (Å²) in [5, 5.41) is 0.640. The van der Waals surface area contributed by atoms with Crippen molar-refractivity contribution in [1.82, 2.24) is 14.9 Å². The second kappa shape index (κ2) is 7.20. The lowest BCUT2D eigenvalue weighted by molar-refractivity contribution is -0.131. The molecule has 0 saturated heterocycles. The third-order valence-corrected chi connectivity index (χ3v) is 5.13. The molecule has 2 N–H and O–H groups in total. The number of amides is 1. The molecule has 142 valence electrons. The van der Waals surface area contributed by atoms with Crippen molar-refractivity contribution >= 4 is 23.5 Å². The number of hydrogen-bond donors (Lipinski definition) is 1. The van der Waals surface area contributed by atoms with Gasteiger partial charge in [-0.25, -0.2) is 14.4 Å². The predicted octanol–water partition coefficient (Wildman–Crippen LogP) is 3.91. The van der Waals surface area contributed by atoms with Crippen LogP contribution in [0.5, 0.6) is 0 Å². The maximum Gasteiger partial charge on any atom is 0.227 e. The molecule has 0 saturated carbocycles. The maximum atomic E-state index is 13.9. The third kappa shape index (κ3) is 3.43. The average molecular weight is 397 g/mol. The highest BCUT2D eigenvalue weighted by atomic mass is 35.5. The Morgan fingerprint density at radius 2 is 2.00 bits per heavy atom. The summed E-state index contributed by atoms with van der Waals surface area (Å²) in [4.78, 5) is 23.1. The fourth-order valence-corrected chi connectivity index (χ4v) is 3.71. The highest BCUT2D eigenvalue weighted by Gasteiger charge is 2.29. The standard InChI is InChI=1S/C21H18ClFN4O/c1-12-8-14(22)6-7-15(12)20-16-10-27(11-18(16)25-21(24)26-20)19(28)9-13-4-2-3-5-17(13)23/h2-8H,9-11H2,1H3,(H2,24,25,26). The summed E-state index contributed by atoms with van der Waals surface area (Å²) in [7, 11) is 0. The second-order valence-corrected chi connectivity index (χ2v) is 7.27. The molecule has 3 aromatic rings. The van der Waals surface area contributed by atoms with Crippen LogP contribution in [0.4, 0.5) is 10.3 Å². The molecular formula is C21H18ClFN4O. The summed E-state index contributed by atoms with van der Waals surface area (Å²) in [5.41, 5.74) is 10.4. The van der Waals surface area contributed by atoms with E-state index in [1.807, 2.05) is 19.1 Å². The van der Waals surface area contributed by atoms with E-state index < -0.39 is 0 Å². The van der Waals surface area contributed by atoms with Gasteiger partial charge in [0, 0.05) is 16.1 Å². The number of rotatable bonds is 3. The zero-order valence-corrected chi connectivity index (χ0v) is 16.0. The lowest BCUT2D eigenvalue weighted by atomic mass is 10.0. The van der Waals surface area contributed by atoms with Gasteiger partial charge in [0.25, 0.3) is 0 Å². The SMILES string of the molecule is Cc1cc(Cl)ccc1-c1nc(N)nc2c1CN(C(=O)Cc1ccccc1F)C2. The normalized spacial score (nSPS) is 12.9. The number of nitrogens with two attached hydrogens (primary N) is 1. The minimum absolute atomic E-state index is 0.00111. The molecule has 0 atom stereocenters. The summed E-state index contributed by atoms with van der Waals surface area (Å²) in [6.07, 6.45) is -0.00111. The van der Waals surface area contributed by atoms with Crippen molar-refractivity contribution in [1.29, 1.82) is 0 Å². The quantitative estimate of drug-likeness (QED) is 0.728. The fourth-order valence-electron chi connectivity index (χ4n) is 3.48. The maximum absolute atomic E-state index is 13.9. The van der Waals surface area contributed by atoms with Gasteiger partial charge in [-0.2, -0.15) is 0 Å². The van der Waals surface area contributed by atoms with Gasteiger partial charge >= 0.3 is 0 Å². The molecule has 1 aromatic heterocycles. The zero-order valence-electron chi connectivity index (χ0n) is 15.2. The minimum Gasteiger partial charge on any atom is -0.368 e. The number of nitrogens with zero attached hydrogens (tertiary/aromatic N) is 3. The second-order valence-electron chi connectivity index (χ2n) is 6.83. The Bertz CT molecular complexity index is 1090. The van der Waals surface area contributed by atoms with Crippen LogP contribution < -0.4 is 5.73 Å². The summed E-state index contributed by atoms with van der Waals surface area (Å²) in [5.74, 6) is -0.388. The number of aryl methyl sites for hydroxylation is 1. The van der Waals surface area contributed by atoms with Crippen molar-refractivity contribution in [3.8, 4) is 11.3 Å². The van der Waals surface area contributed by atoms with Crippen LogP contribution in [-0.4, -0.2) is 20.8 Å². The average Bonchev–Trinajstić information content (AvgIpc) is 3.07. The lowest BCUT2D eigenvalue weighted by Gasteiger charge is -2.15. The predicted molar refractivity (Wildman–Crippen MR) is 106 cm³/mol. The summed E-state index contributed by atoms with van der Waals surface area (Å²) < 4.78 is 13.9. The summed E-state index contributed by atoms with van der Waals surface area (Å²) >= 11 is 6.07. The number of hydrogen-bond acceptors (Lipinski definition) is 4. The Kier molecular flexibility index (Phi) is 4.73. The van der Waals surface area contributed by atoms with E-state index in [4.69, 9.17) is 17.3 Å². The van der Waals surface area contributed by atoms with Gasteiger partial charge in [0.05, 0.1) is 30.9 Å². The van der Waals surface area contributed by atoms with Gasteiger partial charge in [-0.1, -0.05) is 35.9 Å². The first-order valence-electron chi connectivity index (χ1n) is 8.85. The molecule has 0 unspecified atom stereocenters. The van der Waals surface area contributed by atoms with Gasteiger partial charge in [-0.15, -0.1) is 0 Å². The Morgan fingerprint density at radius 1 is 1.21 bits per heavy atom. The molecular weight excluding hydrogens is 379 g/mol. The number of nitrogen functional groups attached to an aromatic ring is 1. The fraction of sp³-hybridized carbons (Fsp3) is 0.190. The number of halogens is 2. The van der Waals surface area contributed by atoms with Crippen molar-refractivity contribution in [2.45, 2.75) is 26.4 Å². The molecule has 0 radical (unpaired) electrons. The van der Waals surface area contributed by atoms with E-state index in [0.29, 0.717) is 29.4 Å². The number of carbonyl (C=O) groups excluding carboxylic acids is 1. The summed E-state index contributed by atoms with van der Waals surface area (Å²) in [6, 6.07) is 11.9. The first-order chi connectivity index (χ1) is 13.4. The van der Waals surface area contributed by atoms with Crippen molar-refractivity contribution in [3.63, 3.8) is 0 Å². The smallest absolute Gasteiger partial charge is 0.227 e. The largest absolute Gasteiger partial charge is 0.368 e. The molecule has 5 nitrogen and oxygen atoms in total. The molecule has 1 amide bonds. The molecule has 28 heavy (non-hydrogen) atoms. The van der Waals surface area contributed by atoms with E-state index in [-0.39, 0.29) is 24.1 Å². The van der Waals surface area contributed by atoms with Crippen LogP contribution in [0.25, 0.3) is 11.3 Å². The van der Waals surface area contributed by atoms with E-state index in [1.54, 1.807) is 29.2 Å². The molecule has 0 aliphatic carbocycles. The van der Waals surface area contributed by atoms with E-state index in [1.165, 1.54) is 6.07 Å². The minimum atomic E-state index is -0.380. The highest BCUT2D eigenvalue weighted by molar-refractivity contribution is 6.30. The van der Waals surface area contributed by atoms with Gasteiger partial charge < -0.3 is 10.6 Å². The number of carbonyl (C=O) groups is 1. The number of benzene rings is 2. The van der Waals surface area contributed by atoms with Gasteiger partial charge in [0.15, 0.2) is 0 Å². The Balaban J connectivity index is 1.64. The molecule has 2 heterocycles. The number of aromatic nitrogens is 2. The molecule has 1 aliphatic rings. The van der Waals surface area contributed by atoms with Crippen LogP contribution in [0.1, 0.15) is 22.4 Å². The van der Waals surface area contributed by atoms with Crippen LogP contribution in [0.3, 0.4) is 0 Å². The Hall–Kier alpha value is -2.99. The molecule has 0 spiro atoms.